The van der Waals surface area contributed by atoms with Crippen LogP contribution in [0, 0.1) is 22.5 Å². The van der Waals surface area contributed by atoms with Crippen molar-refractivity contribution in [1.29, 1.82) is 0 Å². The zero-order valence-corrected chi connectivity index (χ0v) is 17.2. The second-order valence-corrected chi connectivity index (χ2v) is 6.67. The molecule has 0 saturated carbocycles. The molecule has 1 heterocycles. The molecule has 0 radical (unpaired) electrons. The van der Waals surface area contributed by atoms with Gasteiger partial charge in [-0.2, -0.15) is 0 Å². The minimum absolute atomic E-state index is 0.0464. The monoisotopic (exact) mass is 455 g/mol. The summed E-state index contributed by atoms with van der Waals surface area (Å²) >= 11 is 6.22. The molecule has 1 aliphatic rings. The summed E-state index contributed by atoms with van der Waals surface area (Å²) in [5.41, 5.74) is -0.223. The van der Waals surface area contributed by atoms with Crippen LogP contribution in [0.15, 0.2) is 42.0 Å². The van der Waals surface area contributed by atoms with Crippen LogP contribution in [0.3, 0.4) is 0 Å². The highest BCUT2D eigenvalue weighted by molar-refractivity contribution is 6.39. The lowest BCUT2D eigenvalue weighted by Gasteiger charge is -2.26. The van der Waals surface area contributed by atoms with Crippen molar-refractivity contribution in [3.63, 3.8) is 0 Å². The molecule has 0 spiro atoms. The lowest BCUT2D eigenvalue weighted by molar-refractivity contribution is -0.384. The smallest absolute Gasteiger partial charge is 0.335 e. The molecule has 0 atom stereocenters. The molecule has 32 heavy (non-hydrogen) atoms. The Morgan fingerprint density at radius 1 is 1.25 bits per heavy atom. The highest BCUT2D eigenvalue weighted by Gasteiger charge is 2.37. The molecule has 162 valence electrons. The van der Waals surface area contributed by atoms with E-state index in [2.05, 4.69) is 11.2 Å². The number of methoxy groups -OCH3 is 1. The average molecular weight is 456 g/mol. The van der Waals surface area contributed by atoms with Gasteiger partial charge < -0.3 is 9.47 Å². The van der Waals surface area contributed by atoms with Crippen molar-refractivity contribution in [2.45, 2.75) is 0 Å². The van der Waals surface area contributed by atoms with Gasteiger partial charge in [-0.15, -0.1) is 6.42 Å². The van der Waals surface area contributed by atoms with E-state index >= 15 is 0 Å². The zero-order chi connectivity index (χ0) is 23.4. The highest BCUT2D eigenvalue weighted by Crippen LogP contribution is 2.37. The first kappa shape index (κ1) is 22.3. The summed E-state index contributed by atoms with van der Waals surface area (Å²) in [6.45, 7) is -0.0519. The largest absolute Gasteiger partial charge is 0.493 e. The van der Waals surface area contributed by atoms with Crippen molar-refractivity contribution in [2.24, 2.45) is 0 Å². The van der Waals surface area contributed by atoms with Gasteiger partial charge in [-0.1, -0.05) is 17.5 Å². The summed E-state index contributed by atoms with van der Waals surface area (Å²) in [5.74, 6) is 0.869. The van der Waals surface area contributed by atoms with E-state index in [1.807, 2.05) is 0 Å². The predicted octanol–water partition coefficient (Wildman–Crippen LogP) is 2.94. The number of nitrogens with one attached hydrogen (secondary N) is 1. The van der Waals surface area contributed by atoms with Crippen LogP contribution >= 0.6 is 11.6 Å². The van der Waals surface area contributed by atoms with Crippen molar-refractivity contribution < 1.29 is 28.8 Å². The van der Waals surface area contributed by atoms with E-state index in [1.165, 1.54) is 37.5 Å². The van der Waals surface area contributed by atoms with Crippen LogP contribution in [0.5, 0.6) is 11.5 Å². The fourth-order valence-corrected chi connectivity index (χ4v) is 3.13. The summed E-state index contributed by atoms with van der Waals surface area (Å²) in [7, 11) is 1.37. The van der Waals surface area contributed by atoms with Crippen LogP contribution in [0.1, 0.15) is 5.56 Å². The first-order chi connectivity index (χ1) is 15.3. The van der Waals surface area contributed by atoms with E-state index in [1.54, 1.807) is 0 Å². The Balaban J connectivity index is 2.00. The number of carbonyl (C=O) groups is 3. The van der Waals surface area contributed by atoms with Crippen molar-refractivity contribution in [3.05, 3.63) is 62.7 Å². The van der Waals surface area contributed by atoms with E-state index in [4.69, 9.17) is 27.5 Å². The number of benzene rings is 2. The summed E-state index contributed by atoms with van der Waals surface area (Å²) in [4.78, 5) is 48.5. The summed E-state index contributed by atoms with van der Waals surface area (Å²) in [6.07, 6.45) is 6.41. The van der Waals surface area contributed by atoms with Crippen molar-refractivity contribution in [1.82, 2.24) is 5.32 Å². The first-order valence-corrected chi connectivity index (χ1v) is 9.24. The van der Waals surface area contributed by atoms with E-state index < -0.39 is 22.8 Å². The lowest BCUT2D eigenvalue weighted by atomic mass is 10.1. The van der Waals surface area contributed by atoms with Crippen LogP contribution in [0.2, 0.25) is 5.02 Å². The van der Waals surface area contributed by atoms with E-state index in [0.717, 1.165) is 12.1 Å². The molecule has 0 aliphatic carbocycles. The van der Waals surface area contributed by atoms with Gasteiger partial charge in [0.15, 0.2) is 11.5 Å². The minimum Gasteiger partial charge on any atom is -0.493 e. The lowest BCUT2D eigenvalue weighted by Crippen LogP contribution is -2.54. The molecule has 1 N–H and O–H groups in total. The van der Waals surface area contributed by atoms with Gasteiger partial charge in [-0.05, 0) is 35.9 Å². The number of carbonyl (C=O) groups excluding carboxylic acids is 3. The maximum atomic E-state index is 12.9. The van der Waals surface area contributed by atoms with Crippen LogP contribution in [-0.2, 0) is 9.59 Å². The Morgan fingerprint density at radius 2 is 1.94 bits per heavy atom. The van der Waals surface area contributed by atoms with Gasteiger partial charge in [0.2, 0.25) is 0 Å². The number of halogens is 1. The Hall–Kier alpha value is -4.36. The van der Waals surface area contributed by atoms with Gasteiger partial charge in [-0.25, -0.2) is 9.69 Å². The van der Waals surface area contributed by atoms with Crippen molar-refractivity contribution in [3.8, 4) is 23.8 Å². The molecule has 0 bridgehead atoms. The predicted molar refractivity (Wildman–Crippen MR) is 114 cm³/mol. The number of hydrogen-bond acceptors (Lipinski definition) is 7. The number of non-ortho nitro benzene ring substituents is 1. The maximum absolute atomic E-state index is 12.9. The molecule has 3 rings (SSSR count). The third kappa shape index (κ3) is 4.38. The number of amides is 4. The minimum atomic E-state index is -0.986. The van der Waals surface area contributed by atoms with Gasteiger partial charge in [0.1, 0.15) is 12.2 Å². The number of urea groups is 1. The number of imide groups is 2. The van der Waals surface area contributed by atoms with Gasteiger partial charge in [0, 0.05) is 12.1 Å². The molecule has 2 aromatic carbocycles. The number of nitro groups is 1. The van der Waals surface area contributed by atoms with E-state index in [-0.39, 0.29) is 40.1 Å². The van der Waals surface area contributed by atoms with Gasteiger partial charge in [0.25, 0.3) is 17.5 Å². The van der Waals surface area contributed by atoms with Crippen LogP contribution < -0.4 is 19.7 Å². The van der Waals surface area contributed by atoms with Crippen LogP contribution in [0.4, 0.5) is 16.2 Å². The number of hydrogen-bond donors (Lipinski definition) is 1. The molecule has 1 aliphatic heterocycles. The molecule has 2 aromatic rings. The number of anilines is 1. The standard InChI is InChI=1S/C21H14ClN3O7/c1-3-8-32-18-16(22)10-12(11-17(18)31-2)9-15-19(26)23-21(28)24(20(15)27)13-4-6-14(7-5-13)25(29)30/h1,4-7,9-11H,8H2,2H3,(H,23,26,28). The fraction of sp³-hybridized carbons (Fsp3) is 0.0952. The number of rotatable bonds is 6. The molecule has 1 saturated heterocycles. The normalized spacial score (nSPS) is 14.7. The number of ether oxygens (including phenoxy) is 2. The molecule has 1 fully saturated rings. The molecular formula is C21H14ClN3O7. The van der Waals surface area contributed by atoms with Gasteiger partial charge >= 0.3 is 6.03 Å². The SMILES string of the molecule is C#CCOc1c(Cl)cc(C=C2C(=O)NC(=O)N(c3ccc([N+](=O)[O-])cc3)C2=O)cc1OC. The maximum Gasteiger partial charge on any atom is 0.335 e. The molecule has 10 nitrogen and oxygen atoms in total. The third-order valence-corrected chi connectivity index (χ3v) is 4.56. The summed E-state index contributed by atoms with van der Waals surface area (Å²) in [6, 6.07) is 6.62. The zero-order valence-electron chi connectivity index (χ0n) is 16.5. The molecular weight excluding hydrogens is 442 g/mol. The van der Waals surface area contributed by atoms with E-state index in [0.29, 0.717) is 10.5 Å². The Kier molecular flexibility index (Phi) is 6.42. The fourth-order valence-electron chi connectivity index (χ4n) is 2.86. The number of nitrogens with zero attached hydrogens (tertiary/aromatic N) is 2. The van der Waals surface area contributed by atoms with Crippen molar-refractivity contribution in [2.75, 3.05) is 18.6 Å². The topological polar surface area (TPSA) is 128 Å². The second kappa shape index (κ2) is 9.20. The average Bonchev–Trinajstić information content (AvgIpc) is 2.75. The van der Waals surface area contributed by atoms with Crippen molar-refractivity contribution >= 4 is 46.9 Å². The Bertz CT molecular complexity index is 1200. The first-order valence-electron chi connectivity index (χ1n) is 8.86. The molecule has 4 amide bonds. The molecule has 0 aromatic heterocycles. The number of terminal acetylenes is 1. The molecule has 11 heteroatoms. The van der Waals surface area contributed by atoms with Crippen LogP contribution in [-0.4, -0.2) is 36.5 Å². The van der Waals surface area contributed by atoms with Crippen LogP contribution in [0.25, 0.3) is 6.08 Å². The quantitative estimate of drug-likeness (QED) is 0.233. The second-order valence-electron chi connectivity index (χ2n) is 6.26. The summed E-state index contributed by atoms with van der Waals surface area (Å²) < 4.78 is 10.6. The third-order valence-electron chi connectivity index (χ3n) is 4.28. The number of barbiturate groups is 1. The number of nitro benzene ring substituents is 1. The van der Waals surface area contributed by atoms with E-state index in [9.17, 15) is 24.5 Å². The highest BCUT2D eigenvalue weighted by atomic mass is 35.5. The van der Waals surface area contributed by atoms with Gasteiger partial charge in [-0.3, -0.25) is 25.0 Å². The Morgan fingerprint density at radius 3 is 2.53 bits per heavy atom. The summed E-state index contributed by atoms with van der Waals surface area (Å²) in [5, 5.41) is 13.0. The Labute approximate surface area is 186 Å². The molecule has 0 unspecified atom stereocenters. The van der Waals surface area contributed by atoms with Gasteiger partial charge in [0.05, 0.1) is 22.7 Å².